The molecule has 0 saturated heterocycles. The first-order valence-electron chi connectivity index (χ1n) is 6.72. The second-order valence-electron chi connectivity index (χ2n) is 4.60. The lowest BCUT2D eigenvalue weighted by Crippen LogP contribution is -2.27. The fourth-order valence-corrected chi connectivity index (χ4v) is 2.18. The SMILES string of the molecule is CNCCc1ccccc1C(=O)NCCC(C)SC. The van der Waals surface area contributed by atoms with Crippen molar-refractivity contribution in [3.8, 4) is 0 Å². The second kappa shape index (κ2) is 8.99. The average molecular weight is 280 g/mol. The molecule has 1 aromatic carbocycles. The topological polar surface area (TPSA) is 41.1 Å². The number of hydrogen-bond acceptors (Lipinski definition) is 3. The van der Waals surface area contributed by atoms with Crippen LogP contribution in [0.1, 0.15) is 29.3 Å². The zero-order valence-corrected chi connectivity index (χ0v) is 12.8. The van der Waals surface area contributed by atoms with Gasteiger partial charge in [-0.1, -0.05) is 25.1 Å². The minimum absolute atomic E-state index is 0.0417. The molecule has 0 fully saturated rings. The molecular weight excluding hydrogens is 256 g/mol. The molecule has 1 aromatic rings. The van der Waals surface area contributed by atoms with Crippen LogP contribution in [0, 0.1) is 0 Å². The fraction of sp³-hybridized carbons (Fsp3) is 0.533. The van der Waals surface area contributed by atoms with Gasteiger partial charge in [0.2, 0.25) is 0 Å². The monoisotopic (exact) mass is 280 g/mol. The number of carbonyl (C=O) groups is 1. The minimum atomic E-state index is 0.0417. The summed E-state index contributed by atoms with van der Waals surface area (Å²) in [5.41, 5.74) is 1.90. The number of benzene rings is 1. The molecule has 1 unspecified atom stereocenters. The van der Waals surface area contributed by atoms with E-state index >= 15 is 0 Å². The van der Waals surface area contributed by atoms with E-state index < -0.39 is 0 Å². The van der Waals surface area contributed by atoms with Gasteiger partial charge in [0.05, 0.1) is 0 Å². The van der Waals surface area contributed by atoms with Gasteiger partial charge in [0.25, 0.3) is 5.91 Å². The molecular formula is C15H24N2OS. The van der Waals surface area contributed by atoms with Crippen LogP contribution in [0.25, 0.3) is 0 Å². The summed E-state index contributed by atoms with van der Waals surface area (Å²) in [4.78, 5) is 12.2. The summed E-state index contributed by atoms with van der Waals surface area (Å²) in [5, 5.41) is 6.71. The number of carbonyl (C=O) groups excluding carboxylic acids is 1. The number of nitrogens with one attached hydrogen (secondary N) is 2. The number of amides is 1. The Hall–Kier alpha value is -1.00. The Bertz CT molecular complexity index is 395. The van der Waals surface area contributed by atoms with Crippen LogP contribution in [0.4, 0.5) is 0 Å². The number of likely N-dealkylation sites (N-methyl/N-ethyl adjacent to an activating group) is 1. The lowest BCUT2D eigenvalue weighted by atomic mass is 10.0. The molecule has 19 heavy (non-hydrogen) atoms. The lowest BCUT2D eigenvalue weighted by molar-refractivity contribution is 0.0952. The highest BCUT2D eigenvalue weighted by Crippen LogP contribution is 2.11. The fourth-order valence-electron chi connectivity index (χ4n) is 1.82. The van der Waals surface area contributed by atoms with Crippen LogP contribution in [0.2, 0.25) is 0 Å². The highest BCUT2D eigenvalue weighted by atomic mass is 32.2. The molecule has 0 radical (unpaired) electrons. The van der Waals surface area contributed by atoms with Crippen LogP contribution in [-0.4, -0.2) is 37.6 Å². The van der Waals surface area contributed by atoms with Gasteiger partial charge in [0, 0.05) is 17.4 Å². The van der Waals surface area contributed by atoms with E-state index in [1.54, 1.807) is 0 Å². The molecule has 0 aliphatic rings. The van der Waals surface area contributed by atoms with Crippen molar-refractivity contribution in [3.63, 3.8) is 0 Å². The molecule has 4 heteroatoms. The van der Waals surface area contributed by atoms with Crippen molar-refractivity contribution in [2.24, 2.45) is 0 Å². The Kier molecular flexibility index (Phi) is 7.60. The van der Waals surface area contributed by atoms with Crippen LogP contribution in [-0.2, 0) is 6.42 Å². The summed E-state index contributed by atoms with van der Waals surface area (Å²) in [6.07, 6.45) is 3.98. The molecule has 0 saturated carbocycles. The molecule has 0 bridgehead atoms. The summed E-state index contributed by atoms with van der Waals surface area (Å²) in [7, 11) is 1.92. The Labute approximate surface area is 120 Å². The number of thioether (sulfide) groups is 1. The van der Waals surface area contributed by atoms with Crippen molar-refractivity contribution in [3.05, 3.63) is 35.4 Å². The molecule has 106 valence electrons. The van der Waals surface area contributed by atoms with E-state index in [4.69, 9.17) is 0 Å². The predicted octanol–water partition coefficient (Wildman–Crippen LogP) is 2.32. The molecule has 3 nitrogen and oxygen atoms in total. The van der Waals surface area contributed by atoms with Gasteiger partial charge < -0.3 is 10.6 Å². The van der Waals surface area contributed by atoms with Crippen LogP contribution < -0.4 is 10.6 Å². The second-order valence-corrected chi connectivity index (χ2v) is 5.88. The van der Waals surface area contributed by atoms with Crippen LogP contribution in [0.3, 0.4) is 0 Å². The van der Waals surface area contributed by atoms with Crippen molar-refractivity contribution in [2.45, 2.75) is 25.0 Å². The summed E-state index contributed by atoms with van der Waals surface area (Å²) < 4.78 is 0. The molecule has 0 aliphatic carbocycles. The van der Waals surface area contributed by atoms with Crippen LogP contribution >= 0.6 is 11.8 Å². The smallest absolute Gasteiger partial charge is 0.251 e. The molecule has 2 N–H and O–H groups in total. The van der Waals surface area contributed by atoms with E-state index in [-0.39, 0.29) is 5.91 Å². The van der Waals surface area contributed by atoms with E-state index in [0.29, 0.717) is 5.25 Å². The summed E-state index contributed by atoms with van der Waals surface area (Å²) >= 11 is 1.83. The van der Waals surface area contributed by atoms with Gasteiger partial charge in [0.15, 0.2) is 0 Å². The Morgan fingerprint density at radius 1 is 1.32 bits per heavy atom. The van der Waals surface area contributed by atoms with Crippen molar-refractivity contribution in [1.29, 1.82) is 0 Å². The third-order valence-electron chi connectivity index (χ3n) is 3.15. The van der Waals surface area contributed by atoms with Crippen molar-refractivity contribution in [1.82, 2.24) is 10.6 Å². The normalized spacial score (nSPS) is 12.2. The van der Waals surface area contributed by atoms with Crippen molar-refractivity contribution >= 4 is 17.7 Å². The number of rotatable bonds is 8. The van der Waals surface area contributed by atoms with Gasteiger partial charge in [-0.15, -0.1) is 0 Å². The van der Waals surface area contributed by atoms with E-state index in [1.165, 1.54) is 0 Å². The molecule has 1 amide bonds. The van der Waals surface area contributed by atoms with Gasteiger partial charge >= 0.3 is 0 Å². The first-order valence-corrected chi connectivity index (χ1v) is 8.01. The van der Waals surface area contributed by atoms with Gasteiger partial charge in [0.1, 0.15) is 0 Å². The van der Waals surface area contributed by atoms with E-state index in [9.17, 15) is 4.79 Å². The molecule has 0 aromatic heterocycles. The van der Waals surface area contributed by atoms with Crippen molar-refractivity contribution < 1.29 is 4.79 Å². The number of hydrogen-bond donors (Lipinski definition) is 2. The van der Waals surface area contributed by atoms with Crippen LogP contribution in [0.5, 0.6) is 0 Å². The van der Waals surface area contributed by atoms with Gasteiger partial charge in [-0.3, -0.25) is 4.79 Å². The standard InChI is InChI=1S/C15H24N2OS/c1-12(19-3)8-11-17-15(18)14-7-5-4-6-13(14)9-10-16-2/h4-7,12,16H,8-11H2,1-3H3,(H,17,18). The Balaban J connectivity index is 2.55. The first kappa shape index (κ1) is 16.1. The Morgan fingerprint density at radius 2 is 2.05 bits per heavy atom. The average Bonchev–Trinajstić information content (AvgIpc) is 2.45. The van der Waals surface area contributed by atoms with Crippen LogP contribution in [0.15, 0.2) is 24.3 Å². The Morgan fingerprint density at radius 3 is 2.74 bits per heavy atom. The predicted molar refractivity (Wildman–Crippen MR) is 84.0 cm³/mol. The summed E-state index contributed by atoms with van der Waals surface area (Å²) in [6.45, 7) is 3.80. The van der Waals surface area contributed by atoms with E-state index in [2.05, 4.69) is 23.8 Å². The molecule has 0 aliphatic heterocycles. The highest BCUT2D eigenvalue weighted by Gasteiger charge is 2.10. The zero-order chi connectivity index (χ0) is 14.1. The minimum Gasteiger partial charge on any atom is -0.352 e. The molecule has 1 atom stereocenters. The lowest BCUT2D eigenvalue weighted by Gasteiger charge is -2.12. The van der Waals surface area contributed by atoms with E-state index in [1.807, 2.05) is 43.1 Å². The summed E-state index contributed by atoms with van der Waals surface area (Å²) in [6, 6.07) is 7.83. The molecule has 0 heterocycles. The van der Waals surface area contributed by atoms with Gasteiger partial charge in [-0.05, 0) is 44.3 Å². The maximum Gasteiger partial charge on any atom is 0.251 e. The first-order chi connectivity index (χ1) is 9.19. The maximum absolute atomic E-state index is 12.2. The van der Waals surface area contributed by atoms with Gasteiger partial charge in [-0.2, -0.15) is 11.8 Å². The quantitative estimate of drug-likeness (QED) is 0.768. The van der Waals surface area contributed by atoms with E-state index in [0.717, 1.165) is 37.1 Å². The van der Waals surface area contributed by atoms with Crippen molar-refractivity contribution in [2.75, 3.05) is 26.4 Å². The summed E-state index contributed by atoms with van der Waals surface area (Å²) in [5.74, 6) is 0.0417. The largest absolute Gasteiger partial charge is 0.352 e. The third kappa shape index (κ3) is 5.66. The molecule has 0 spiro atoms. The van der Waals surface area contributed by atoms with Gasteiger partial charge in [-0.25, -0.2) is 0 Å². The molecule has 1 rings (SSSR count). The third-order valence-corrected chi connectivity index (χ3v) is 4.19. The maximum atomic E-state index is 12.2. The highest BCUT2D eigenvalue weighted by molar-refractivity contribution is 7.99. The zero-order valence-electron chi connectivity index (χ0n) is 12.0.